The Bertz CT molecular complexity index is 1070. The van der Waals surface area contributed by atoms with Crippen molar-refractivity contribution in [3.63, 3.8) is 0 Å². The van der Waals surface area contributed by atoms with Crippen LogP contribution in [-0.4, -0.2) is 34.0 Å². The predicted molar refractivity (Wildman–Crippen MR) is 115 cm³/mol. The summed E-state index contributed by atoms with van der Waals surface area (Å²) in [5, 5.41) is 6.63. The Morgan fingerprint density at radius 1 is 1.23 bits per heavy atom. The zero-order valence-electron chi connectivity index (χ0n) is 17.6. The van der Waals surface area contributed by atoms with E-state index in [4.69, 9.17) is 4.74 Å². The van der Waals surface area contributed by atoms with Crippen molar-refractivity contribution in [1.29, 1.82) is 0 Å². The van der Waals surface area contributed by atoms with E-state index in [1.807, 2.05) is 12.1 Å². The molecule has 0 unspecified atom stereocenters. The van der Waals surface area contributed by atoms with Crippen molar-refractivity contribution in [2.24, 2.45) is 0 Å². The van der Waals surface area contributed by atoms with Gasteiger partial charge in [-0.25, -0.2) is 13.8 Å². The van der Waals surface area contributed by atoms with Gasteiger partial charge in [0.05, 0.1) is 7.11 Å². The van der Waals surface area contributed by atoms with Crippen LogP contribution in [0.1, 0.15) is 55.1 Å². The monoisotopic (exact) mass is 428 g/mol. The molecule has 1 amide bonds. The zero-order valence-corrected chi connectivity index (χ0v) is 17.6. The highest BCUT2D eigenvalue weighted by Crippen LogP contribution is 2.32. The van der Waals surface area contributed by atoms with E-state index in [1.54, 1.807) is 41.8 Å². The number of amides is 1. The minimum absolute atomic E-state index is 0.0862. The van der Waals surface area contributed by atoms with Crippen LogP contribution in [0, 0.1) is 0 Å². The number of methoxy groups -OCH3 is 1. The first-order valence-corrected chi connectivity index (χ1v) is 10.4. The second kappa shape index (κ2) is 8.53. The highest BCUT2D eigenvalue weighted by molar-refractivity contribution is 5.94. The number of anilines is 1. The molecule has 164 valence electrons. The highest BCUT2D eigenvalue weighted by atomic mass is 19.3. The normalized spacial score (nSPS) is 21.3. The van der Waals surface area contributed by atoms with Crippen molar-refractivity contribution in [3.8, 4) is 5.75 Å². The fraction of sp³-hybridized carbons (Fsp3) is 0.391. The van der Waals surface area contributed by atoms with Crippen molar-refractivity contribution in [2.75, 3.05) is 12.4 Å². The van der Waals surface area contributed by atoms with Crippen LogP contribution in [0.5, 0.6) is 5.75 Å². The summed E-state index contributed by atoms with van der Waals surface area (Å²) < 4.78 is 32.9. The first kappa shape index (κ1) is 21.1. The fourth-order valence-corrected chi connectivity index (χ4v) is 4.10. The van der Waals surface area contributed by atoms with Gasteiger partial charge in [-0.1, -0.05) is 12.1 Å². The number of nitrogens with zero attached hydrogens (tertiary/aromatic N) is 2. The van der Waals surface area contributed by atoms with Crippen LogP contribution in [0.4, 0.5) is 14.6 Å². The number of halogens is 2. The second-order valence-electron chi connectivity index (χ2n) is 8.27. The molecule has 1 aliphatic carbocycles. The summed E-state index contributed by atoms with van der Waals surface area (Å²) in [6.07, 6.45) is 2.09. The van der Waals surface area contributed by atoms with Crippen LogP contribution in [0.2, 0.25) is 0 Å². The first-order chi connectivity index (χ1) is 14.9. The first-order valence-electron chi connectivity index (χ1n) is 10.4. The molecule has 1 saturated carbocycles. The van der Waals surface area contributed by atoms with Crippen molar-refractivity contribution < 1.29 is 18.3 Å². The number of alkyl halides is 2. The lowest BCUT2D eigenvalue weighted by atomic mass is 9.80. The molecular formula is C23H26F2N4O2. The van der Waals surface area contributed by atoms with E-state index in [0.717, 1.165) is 31.5 Å². The minimum Gasteiger partial charge on any atom is -0.497 e. The highest BCUT2D eigenvalue weighted by Gasteiger charge is 2.32. The minimum atomic E-state index is -2.60. The van der Waals surface area contributed by atoms with Gasteiger partial charge in [-0.05, 0) is 62.9 Å². The number of rotatable bonds is 6. The predicted octanol–water partition coefficient (Wildman–Crippen LogP) is 4.82. The lowest BCUT2D eigenvalue weighted by molar-refractivity contribution is 0.0921. The van der Waals surface area contributed by atoms with Gasteiger partial charge in [-0.2, -0.15) is 0 Å². The molecule has 1 fully saturated rings. The number of nitrogens with one attached hydrogen (secondary N) is 2. The lowest BCUT2D eigenvalue weighted by Gasteiger charge is -2.39. The van der Waals surface area contributed by atoms with Crippen molar-refractivity contribution in [3.05, 3.63) is 59.9 Å². The molecule has 31 heavy (non-hydrogen) atoms. The number of carbonyl (C=O) groups excluding carboxylic acids is 1. The number of carbonyl (C=O) groups is 1. The Balaban J connectivity index is 1.40. The molecule has 0 radical (unpaired) electrons. The molecule has 1 aliphatic rings. The van der Waals surface area contributed by atoms with Gasteiger partial charge in [0, 0.05) is 23.3 Å². The van der Waals surface area contributed by atoms with Gasteiger partial charge in [-0.15, -0.1) is 0 Å². The van der Waals surface area contributed by atoms with Gasteiger partial charge < -0.3 is 15.4 Å². The van der Waals surface area contributed by atoms with Gasteiger partial charge in [0.1, 0.15) is 22.9 Å². The fourth-order valence-electron chi connectivity index (χ4n) is 4.10. The van der Waals surface area contributed by atoms with Crippen LogP contribution < -0.4 is 15.4 Å². The largest absolute Gasteiger partial charge is 0.497 e. The Morgan fingerprint density at radius 2 is 1.97 bits per heavy atom. The number of pyridine rings is 1. The maximum Gasteiger partial charge on any atom is 0.281 e. The number of ether oxygens (including phenoxy) is 1. The lowest BCUT2D eigenvalue weighted by Crippen LogP contribution is -2.45. The Morgan fingerprint density at radius 3 is 2.68 bits per heavy atom. The summed E-state index contributed by atoms with van der Waals surface area (Å²) in [4.78, 5) is 16.6. The smallest absolute Gasteiger partial charge is 0.281 e. The van der Waals surface area contributed by atoms with Crippen LogP contribution in [0.15, 0.2) is 48.7 Å². The number of aromatic nitrogens is 2. The molecule has 8 heteroatoms. The standard InChI is InChI=1S/C23H26F2N4O2/c1-23(28-20-8-4-7-19-27-18(21(24)25)14-29(19)20)11-9-16(10-12-23)26-22(30)15-5-3-6-17(13-15)31-2/h3-8,13-14,16,21,28H,9-12H2,1-2H3,(H,26,30). The molecule has 0 spiro atoms. The number of imidazole rings is 1. The van der Waals surface area contributed by atoms with Gasteiger partial charge in [0.25, 0.3) is 12.3 Å². The van der Waals surface area contributed by atoms with Crippen molar-refractivity contribution >= 4 is 17.4 Å². The molecule has 2 aromatic heterocycles. The van der Waals surface area contributed by atoms with E-state index in [9.17, 15) is 13.6 Å². The van der Waals surface area contributed by atoms with E-state index >= 15 is 0 Å². The Hall–Kier alpha value is -3.16. The number of hydrogen-bond donors (Lipinski definition) is 2. The summed E-state index contributed by atoms with van der Waals surface area (Å²) in [7, 11) is 1.57. The molecule has 2 heterocycles. The van der Waals surface area contributed by atoms with Crippen molar-refractivity contribution in [2.45, 2.75) is 50.6 Å². The molecule has 1 aromatic carbocycles. The van der Waals surface area contributed by atoms with E-state index in [0.29, 0.717) is 17.0 Å². The molecule has 4 rings (SSSR count). The third-order valence-corrected chi connectivity index (χ3v) is 5.92. The van der Waals surface area contributed by atoms with Crippen LogP contribution in [0.3, 0.4) is 0 Å². The molecule has 0 atom stereocenters. The summed E-state index contributed by atoms with van der Waals surface area (Å²) in [5.74, 6) is 1.28. The summed E-state index contributed by atoms with van der Waals surface area (Å²) >= 11 is 0. The van der Waals surface area contributed by atoms with Crippen molar-refractivity contribution in [1.82, 2.24) is 14.7 Å². The summed E-state index contributed by atoms with van der Waals surface area (Å²) in [5.41, 5.74) is 0.625. The molecule has 0 bridgehead atoms. The average Bonchev–Trinajstić information content (AvgIpc) is 3.21. The Labute approximate surface area is 179 Å². The SMILES string of the molecule is COc1cccc(C(=O)NC2CCC(C)(Nc3cccc4nc(C(F)F)cn34)CC2)c1. The van der Waals surface area contributed by atoms with Crippen LogP contribution in [-0.2, 0) is 0 Å². The van der Waals surface area contributed by atoms with E-state index in [1.165, 1.54) is 6.20 Å². The number of hydrogen-bond acceptors (Lipinski definition) is 4. The van der Waals surface area contributed by atoms with Gasteiger partial charge in [0.2, 0.25) is 0 Å². The molecular weight excluding hydrogens is 402 g/mol. The molecule has 2 N–H and O–H groups in total. The van der Waals surface area contributed by atoms with E-state index < -0.39 is 6.43 Å². The molecule has 6 nitrogen and oxygen atoms in total. The third-order valence-electron chi connectivity index (χ3n) is 5.92. The summed E-state index contributed by atoms with van der Waals surface area (Å²) in [6, 6.07) is 12.6. The van der Waals surface area contributed by atoms with Gasteiger partial charge in [-0.3, -0.25) is 9.20 Å². The maximum atomic E-state index is 13.0. The van der Waals surface area contributed by atoms with Gasteiger partial charge >= 0.3 is 0 Å². The van der Waals surface area contributed by atoms with E-state index in [-0.39, 0.29) is 23.2 Å². The molecule has 0 aliphatic heterocycles. The van der Waals surface area contributed by atoms with Crippen LogP contribution in [0.25, 0.3) is 5.65 Å². The maximum absolute atomic E-state index is 13.0. The topological polar surface area (TPSA) is 67.7 Å². The molecule has 0 saturated heterocycles. The van der Waals surface area contributed by atoms with E-state index in [2.05, 4.69) is 22.5 Å². The quantitative estimate of drug-likeness (QED) is 0.591. The number of fused-ring (bicyclic) bond motifs is 1. The zero-order chi connectivity index (χ0) is 22.0. The molecule has 3 aromatic rings. The number of benzene rings is 1. The van der Waals surface area contributed by atoms with Gasteiger partial charge in [0.15, 0.2) is 0 Å². The Kier molecular flexibility index (Phi) is 5.80. The average molecular weight is 428 g/mol. The summed E-state index contributed by atoms with van der Waals surface area (Å²) in [6.45, 7) is 2.12. The van der Waals surface area contributed by atoms with Crippen LogP contribution >= 0.6 is 0 Å². The third kappa shape index (κ3) is 4.62. The second-order valence-corrected chi connectivity index (χ2v) is 8.27.